The normalized spacial score (nSPS) is 10.3. The first-order valence-electron chi connectivity index (χ1n) is 8.82. The number of benzene rings is 1. The van der Waals surface area contributed by atoms with Crippen LogP contribution in [-0.4, -0.2) is 47.7 Å². The van der Waals surface area contributed by atoms with Crippen molar-refractivity contribution in [3.8, 4) is 0 Å². The Morgan fingerprint density at radius 3 is 1.89 bits per heavy atom. The Hall–Kier alpha value is -1.93. The Labute approximate surface area is 174 Å². The Balaban J connectivity index is 2.11. The SMILES string of the molecule is C=C(C)C(=O)OCCSCc1ccc(CSCCOC(=O)CCC(=O)O)cc1. The molecule has 0 aliphatic carbocycles. The molecule has 1 N–H and O–H groups in total. The van der Waals surface area contributed by atoms with Crippen LogP contribution in [0.25, 0.3) is 0 Å². The van der Waals surface area contributed by atoms with Crippen LogP contribution in [0.3, 0.4) is 0 Å². The quantitative estimate of drug-likeness (QED) is 0.274. The van der Waals surface area contributed by atoms with E-state index in [1.807, 2.05) is 0 Å². The number of carbonyl (C=O) groups is 3. The molecule has 1 rings (SSSR count). The van der Waals surface area contributed by atoms with Crippen molar-refractivity contribution in [1.82, 2.24) is 0 Å². The number of carboxylic acids is 1. The molecular formula is C20H26O6S2. The van der Waals surface area contributed by atoms with Gasteiger partial charge in [0.2, 0.25) is 0 Å². The van der Waals surface area contributed by atoms with E-state index in [4.69, 9.17) is 14.6 Å². The molecule has 0 aliphatic heterocycles. The lowest BCUT2D eigenvalue weighted by Gasteiger charge is -2.06. The molecule has 0 saturated heterocycles. The number of carbonyl (C=O) groups excluding carboxylic acids is 2. The molecule has 154 valence electrons. The lowest BCUT2D eigenvalue weighted by molar-refractivity contribution is -0.147. The minimum Gasteiger partial charge on any atom is -0.481 e. The van der Waals surface area contributed by atoms with Gasteiger partial charge in [-0.2, -0.15) is 23.5 Å². The van der Waals surface area contributed by atoms with Gasteiger partial charge in [0, 0.05) is 28.6 Å². The summed E-state index contributed by atoms with van der Waals surface area (Å²) in [7, 11) is 0. The summed E-state index contributed by atoms with van der Waals surface area (Å²) in [4.78, 5) is 32.9. The molecule has 0 heterocycles. The maximum absolute atomic E-state index is 11.3. The monoisotopic (exact) mass is 426 g/mol. The van der Waals surface area contributed by atoms with Gasteiger partial charge in [0.25, 0.3) is 0 Å². The number of hydrogen-bond donors (Lipinski definition) is 1. The molecule has 0 radical (unpaired) electrons. The Kier molecular flexibility index (Phi) is 12.2. The second-order valence-corrected chi connectivity index (χ2v) is 8.16. The van der Waals surface area contributed by atoms with Crippen LogP contribution in [0.5, 0.6) is 0 Å². The van der Waals surface area contributed by atoms with E-state index in [0.717, 1.165) is 17.3 Å². The van der Waals surface area contributed by atoms with Crippen molar-refractivity contribution in [3.05, 3.63) is 47.5 Å². The van der Waals surface area contributed by atoms with Crippen LogP contribution in [0, 0.1) is 0 Å². The number of hydrogen-bond acceptors (Lipinski definition) is 7. The van der Waals surface area contributed by atoms with Crippen LogP contribution in [0.15, 0.2) is 36.4 Å². The highest BCUT2D eigenvalue weighted by atomic mass is 32.2. The highest BCUT2D eigenvalue weighted by Gasteiger charge is 2.06. The standard InChI is InChI=1S/C20H26O6S2/c1-15(2)20(24)26-10-12-28-14-17-5-3-16(4-6-17)13-27-11-9-25-19(23)8-7-18(21)22/h3-6H,1,7-14H2,2H3,(H,21,22). The fourth-order valence-corrected chi connectivity index (χ4v) is 3.47. The van der Waals surface area contributed by atoms with Gasteiger partial charge in [-0.1, -0.05) is 30.8 Å². The van der Waals surface area contributed by atoms with Crippen LogP contribution >= 0.6 is 23.5 Å². The van der Waals surface area contributed by atoms with Gasteiger partial charge in [0.1, 0.15) is 13.2 Å². The van der Waals surface area contributed by atoms with Crippen LogP contribution < -0.4 is 0 Å². The fraction of sp³-hybridized carbons (Fsp3) is 0.450. The molecule has 1 aromatic rings. The average molecular weight is 427 g/mol. The van der Waals surface area contributed by atoms with Crippen LogP contribution in [0.4, 0.5) is 0 Å². The molecule has 0 aliphatic rings. The molecule has 0 bridgehead atoms. The molecule has 0 unspecified atom stereocenters. The van der Waals surface area contributed by atoms with E-state index in [9.17, 15) is 14.4 Å². The Morgan fingerprint density at radius 1 is 0.929 bits per heavy atom. The van der Waals surface area contributed by atoms with E-state index < -0.39 is 11.9 Å². The molecule has 0 spiro atoms. The largest absolute Gasteiger partial charge is 0.481 e. The second kappa shape index (κ2) is 14.1. The highest BCUT2D eigenvalue weighted by Crippen LogP contribution is 2.16. The van der Waals surface area contributed by atoms with Crippen molar-refractivity contribution in [2.45, 2.75) is 31.3 Å². The molecule has 28 heavy (non-hydrogen) atoms. The summed E-state index contributed by atoms with van der Waals surface area (Å²) in [5.74, 6) is 1.25. The zero-order valence-electron chi connectivity index (χ0n) is 16.0. The molecule has 0 amide bonds. The molecule has 1 aromatic carbocycles. The summed E-state index contributed by atoms with van der Waals surface area (Å²) in [5.41, 5.74) is 2.80. The summed E-state index contributed by atoms with van der Waals surface area (Å²) in [5, 5.41) is 8.49. The van der Waals surface area contributed by atoms with E-state index in [2.05, 4.69) is 30.8 Å². The minimum absolute atomic E-state index is 0.0875. The van der Waals surface area contributed by atoms with Crippen LogP contribution in [0.1, 0.15) is 30.9 Å². The molecule has 0 aromatic heterocycles. The fourth-order valence-electron chi connectivity index (χ4n) is 1.92. The number of ether oxygens (including phenoxy) is 2. The molecule has 0 saturated carbocycles. The van der Waals surface area contributed by atoms with Gasteiger partial charge < -0.3 is 14.6 Å². The van der Waals surface area contributed by atoms with Crippen molar-refractivity contribution >= 4 is 41.4 Å². The summed E-state index contributed by atoms with van der Waals surface area (Å²) in [6.07, 6.45) is -0.286. The first-order valence-corrected chi connectivity index (χ1v) is 11.1. The summed E-state index contributed by atoms with van der Waals surface area (Å²) < 4.78 is 10.0. The van der Waals surface area contributed by atoms with Gasteiger partial charge in [0.15, 0.2) is 0 Å². The van der Waals surface area contributed by atoms with Crippen molar-refractivity contribution < 1.29 is 29.0 Å². The van der Waals surface area contributed by atoms with Crippen molar-refractivity contribution in [2.24, 2.45) is 0 Å². The number of esters is 2. The summed E-state index contributed by atoms with van der Waals surface area (Å²) in [6.45, 7) is 5.83. The minimum atomic E-state index is -1.00. The van der Waals surface area contributed by atoms with E-state index in [0.29, 0.717) is 17.9 Å². The van der Waals surface area contributed by atoms with Crippen LogP contribution in [0.2, 0.25) is 0 Å². The molecule has 8 heteroatoms. The first kappa shape index (κ1) is 24.1. The van der Waals surface area contributed by atoms with Crippen molar-refractivity contribution in [2.75, 3.05) is 24.7 Å². The molecular weight excluding hydrogens is 400 g/mol. The lowest BCUT2D eigenvalue weighted by atomic mass is 10.2. The Morgan fingerprint density at radius 2 is 1.43 bits per heavy atom. The molecule has 0 fully saturated rings. The maximum atomic E-state index is 11.3. The maximum Gasteiger partial charge on any atom is 0.333 e. The van der Waals surface area contributed by atoms with E-state index in [1.165, 1.54) is 11.1 Å². The van der Waals surface area contributed by atoms with Gasteiger partial charge in [-0.25, -0.2) is 4.79 Å². The van der Waals surface area contributed by atoms with E-state index in [1.54, 1.807) is 30.4 Å². The zero-order chi connectivity index (χ0) is 20.8. The third-order valence-electron chi connectivity index (χ3n) is 3.40. The van der Waals surface area contributed by atoms with E-state index in [-0.39, 0.29) is 25.4 Å². The predicted molar refractivity (Wildman–Crippen MR) is 112 cm³/mol. The third kappa shape index (κ3) is 11.7. The summed E-state index contributed by atoms with van der Waals surface area (Å²) in [6, 6.07) is 8.30. The van der Waals surface area contributed by atoms with Crippen molar-refractivity contribution in [3.63, 3.8) is 0 Å². The number of rotatable bonds is 14. The molecule has 0 atom stereocenters. The number of carboxylic acid groups (broad SMARTS) is 1. The smallest absolute Gasteiger partial charge is 0.333 e. The van der Waals surface area contributed by atoms with Crippen molar-refractivity contribution in [1.29, 1.82) is 0 Å². The van der Waals surface area contributed by atoms with E-state index >= 15 is 0 Å². The van der Waals surface area contributed by atoms with Gasteiger partial charge in [0.05, 0.1) is 12.8 Å². The predicted octanol–water partition coefficient (Wildman–Crippen LogP) is 3.68. The third-order valence-corrected chi connectivity index (χ3v) is 5.39. The summed E-state index contributed by atoms with van der Waals surface area (Å²) >= 11 is 3.36. The lowest BCUT2D eigenvalue weighted by Crippen LogP contribution is -2.09. The highest BCUT2D eigenvalue weighted by molar-refractivity contribution is 7.98. The first-order chi connectivity index (χ1) is 13.4. The number of aliphatic carboxylic acids is 1. The van der Waals surface area contributed by atoms with Gasteiger partial charge in [-0.05, 0) is 18.1 Å². The molecule has 6 nitrogen and oxygen atoms in total. The van der Waals surface area contributed by atoms with Gasteiger partial charge in [-0.15, -0.1) is 0 Å². The van der Waals surface area contributed by atoms with Gasteiger partial charge >= 0.3 is 17.9 Å². The average Bonchev–Trinajstić information content (AvgIpc) is 2.66. The van der Waals surface area contributed by atoms with Gasteiger partial charge in [-0.3, -0.25) is 9.59 Å². The Bertz CT molecular complexity index is 657. The topological polar surface area (TPSA) is 89.9 Å². The number of thioether (sulfide) groups is 2. The van der Waals surface area contributed by atoms with Crippen LogP contribution in [-0.2, 0) is 35.4 Å². The second-order valence-electron chi connectivity index (χ2n) is 5.95. The zero-order valence-corrected chi connectivity index (χ0v) is 17.6.